The number of nitrogens with one attached hydrogen (secondary N) is 1. The third-order valence-electron chi connectivity index (χ3n) is 2.81. The summed E-state index contributed by atoms with van der Waals surface area (Å²) in [7, 11) is 0. The van der Waals surface area contributed by atoms with Crippen molar-refractivity contribution in [2.24, 2.45) is 0 Å². The Labute approximate surface area is 104 Å². The van der Waals surface area contributed by atoms with Crippen molar-refractivity contribution in [1.82, 2.24) is 9.88 Å². The lowest BCUT2D eigenvalue weighted by molar-refractivity contribution is -0.386. The first kappa shape index (κ1) is 12.5. The van der Waals surface area contributed by atoms with Gasteiger partial charge in [-0.2, -0.15) is 0 Å². The predicted molar refractivity (Wildman–Crippen MR) is 67.5 cm³/mol. The van der Waals surface area contributed by atoms with Crippen LogP contribution in [0, 0.1) is 10.1 Å². The third-order valence-corrected chi connectivity index (χ3v) is 2.81. The maximum Gasteiger partial charge on any atom is 0.334 e. The highest BCUT2D eigenvalue weighted by Gasteiger charge is 2.20. The van der Waals surface area contributed by atoms with Gasteiger partial charge in [0, 0.05) is 31.4 Å². The van der Waals surface area contributed by atoms with Crippen LogP contribution in [0.25, 0.3) is 0 Å². The average Bonchev–Trinajstić information content (AvgIpc) is 3.13. The minimum atomic E-state index is -0.663. The van der Waals surface area contributed by atoms with Gasteiger partial charge >= 0.3 is 11.2 Å². The molecule has 1 N–H and O–H groups in total. The average molecular weight is 249 g/mol. The molecule has 6 nitrogen and oxygen atoms in total. The fourth-order valence-electron chi connectivity index (χ4n) is 1.66. The van der Waals surface area contributed by atoms with Gasteiger partial charge in [0.1, 0.15) is 0 Å². The summed E-state index contributed by atoms with van der Waals surface area (Å²) in [6.45, 7) is 4.82. The number of pyridine rings is 1. The molecule has 0 unspecified atom stereocenters. The fourth-order valence-corrected chi connectivity index (χ4v) is 1.66. The lowest BCUT2D eigenvalue weighted by atomic mass is 10.3. The summed E-state index contributed by atoms with van der Waals surface area (Å²) in [5, 5.41) is 13.9. The second-order valence-electron chi connectivity index (χ2n) is 4.49. The Morgan fingerprint density at radius 3 is 2.94 bits per heavy atom. The topological polar surface area (TPSA) is 77.2 Å². The van der Waals surface area contributed by atoms with E-state index in [0.29, 0.717) is 19.1 Å². The zero-order valence-electron chi connectivity index (χ0n) is 9.96. The molecule has 0 amide bonds. The minimum Gasteiger partial charge on any atom is -0.310 e. The smallest absolute Gasteiger partial charge is 0.310 e. The summed E-state index contributed by atoms with van der Waals surface area (Å²) in [5.74, 6) is 0. The maximum atomic E-state index is 11.8. The van der Waals surface area contributed by atoms with Gasteiger partial charge in [-0.3, -0.25) is 14.9 Å². The molecular weight excluding hydrogens is 234 g/mol. The highest BCUT2D eigenvalue weighted by Crippen LogP contribution is 2.18. The molecule has 0 aromatic carbocycles. The molecule has 1 saturated carbocycles. The number of aromatic nitrogens is 1. The van der Waals surface area contributed by atoms with Gasteiger partial charge in [0.15, 0.2) is 0 Å². The van der Waals surface area contributed by atoms with Crippen molar-refractivity contribution < 1.29 is 4.92 Å². The van der Waals surface area contributed by atoms with E-state index in [0.717, 1.165) is 5.57 Å². The molecule has 1 fully saturated rings. The van der Waals surface area contributed by atoms with E-state index in [1.807, 2.05) is 0 Å². The zero-order valence-corrected chi connectivity index (χ0v) is 9.96. The molecule has 0 bridgehead atoms. The Bertz CT molecular complexity index is 532. The normalized spacial score (nSPS) is 14.4. The summed E-state index contributed by atoms with van der Waals surface area (Å²) >= 11 is 0. The van der Waals surface area contributed by atoms with Gasteiger partial charge in [0.05, 0.1) is 4.92 Å². The summed E-state index contributed by atoms with van der Waals surface area (Å²) in [6.07, 6.45) is 3.91. The lowest BCUT2D eigenvalue weighted by Gasteiger charge is -2.09. The molecule has 1 aromatic rings. The third kappa shape index (κ3) is 3.04. The van der Waals surface area contributed by atoms with Crippen LogP contribution in [-0.2, 0) is 6.54 Å². The fraction of sp³-hybridized carbons (Fsp3) is 0.417. The van der Waals surface area contributed by atoms with Crippen LogP contribution < -0.4 is 10.9 Å². The lowest BCUT2D eigenvalue weighted by Crippen LogP contribution is -2.26. The van der Waals surface area contributed by atoms with Crippen LogP contribution in [0.1, 0.15) is 12.8 Å². The van der Waals surface area contributed by atoms with Gasteiger partial charge in [-0.25, -0.2) is 0 Å². The Hall–Kier alpha value is -1.95. The monoisotopic (exact) mass is 249 g/mol. The van der Waals surface area contributed by atoms with Gasteiger partial charge < -0.3 is 9.88 Å². The molecule has 0 spiro atoms. The summed E-state index contributed by atoms with van der Waals surface area (Å²) < 4.78 is 1.31. The van der Waals surface area contributed by atoms with E-state index >= 15 is 0 Å². The number of rotatable bonds is 6. The second kappa shape index (κ2) is 5.14. The molecule has 2 rings (SSSR count). The van der Waals surface area contributed by atoms with Crippen LogP contribution in [0.3, 0.4) is 0 Å². The molecule has 1 heterocycles. The molecule has 0 saturated heterocycles. The zero-order chi connectivity index (χ0) is 13.1. The SMILES string of the molecule is C=C(CNC1CC1)Cn1cccc([N+](=O)[O-])c1=O. The van der Waals surface area contributed by atoms with Gasteiger partial charge in [-0.1, -0.05) is 6.58 Å². The first-order valence-electron chi connectivity index (χ1n) is 5.82. The van der Waals surface area contributed by atoms with Crippen molar-refractivity contribution in [1.29, 1.82) is 0 Å². The predicted octanol–water partition coefficient (Wildman–Crippen LogP) is 1.06. The Balaban J connectivity index is 2.03. The molecule has 0 aliphatic heterocycles. The van der Waals surface area contributed by atoms with E-state index in [9.17, 15) is 14.9 Å². The van der Waals surface area contributed by atoms with E-state index in [-0.39, 0.29) is 0 Å². The summed E-state index contributed by atoms with van der Waals surface area (Å²) in [5.41, 5.74) is -0.153. The molecular formula is C12H15N3O3. The quantitative estimate of drug-likeness (QED) is 0.464. The van der Waals surface area contributed by atoms with Crippen LogP contribution in [0.2, 0.25) is 0 Å². The Morgan fingerprint density at radius 1 is 1.61 bits per heavy atom. The van der Waals surface area contributed by atoms with E-state index in [1.165, 1.54) is 35.7 Å². The van der Waals surface area contributed by atoms with E-state index in [4.69, 9.17) is 0 Å². The van der Waals surface area contributed by atoms with Crippen molar-refractivity contribution in [2.75, 3.05) is 6.54 Å². The van der Waals surface area contributed by atoms with Crippen LogP contribution in [-0.4, -0.2) is 22.1 Å². The van der Waals surface area contributed by atoms with Gasteiger partial charge in [0.2, 0.25) is 0 Å². The number of nitro groups is 1. The van der Waals surface area contributed by atoms with Crippen molar-refractivity contribution in [3.05, 3.63) is 50.9 Å². The Morgan fingerprint density at radius 2 is 2.33 bits per heavy atom. The molecule has 1 aliphatic carbocycles. The van der Waals surface area contributed by atoms with Crippen molar-refractivity contribution >= 4 is 5.69 Å². The van der Waals surface area contributed by atoms with Crippen LogP contribution in [0.4, 0.5) is 5.69 Å². The first-order valence-corrected chi connectivity index (χ1v) is 5.82. The molecule has 6 heteroatoms. The summed E-state index contributed by atoms with van der Waals surface area (Å²) in [6, 6.07) is 3.29. The van der Waals surface area contributed by atoms with Crippen molar-refractivity contribution in [3.8, 4) is 0 Å². The van der Waals surface area contributed by atoms with E-state index < -0.39 is 16.2 Å². The first-order chi connectivity index (χ1) is 8.58. The molecule has 0 atom stereocenters. The molecule has 0 radical (unpaired) electrons. The van der Waals surface area contributed by atoms with Crippen molar-refractivity contribution in [2.45, 2.75) is 25.4 Å². The number of hydrogen-bond donors (Lipinski definition) is 1. The largest absolute Gasteiger partial charge is 0.334 e. The summed E-state index contributed by atoms with van der Waals surface area (Å²) in [4.78, 5) is 21.7. The van der Waals surface area contributed by atoms with E-state index in [1.54, 1.807) is 0 Å². The van der Waals surface area contributed by atoms with Crippen LogP contribution in [0.5, 0.6) is 0 Å². The molecule has 1 aliphatic rings. The molecule has 96 valence electrons. The van der Waals surface area contributed by atoms with Crippen molar-refractivity contribution in [3.63, 3.8) is 0 Å². The van der Waals surface area contributed by atoms with Crippen LogP contribution in [0.15, 0.2) is 35.3 Å². The highest BCUT2D eigenvalue weighted by molar-refractivity contribution is 5.25. The maximum absolute atomic E-state index is 11.8. The van der Waals surface area contributed by atoms with Gasteiger partial charge in [-0.05, 0) is 24.5 Å². The van der Waals surface area contributed by atoms with Gasteiger partial charge in [-0.15, -0.1) is 0 Å². The highest BCUT2D eigenvalue weighted by atomic mass is 16.6. The number of nitrogens with zero attached hydrogens (tertiary/aromatic N) is 2. The van der Waals surface area contributed by atoms with Crippen LogP contribution >= 0.6 is 0 Å². The minimum absolute atomic E-state index is 0.306. The Kier molecular flexibility index (Phi) is 3.57. The second-order valence-corrected chi connectivity index (χ2v) is 4.49. The molecule has 1 aromatic heterocycles. The standard InChI is InChI=1S/C12H15N3O3/c1-9(7-13-10-4-5-10)8-14-6-2-3-11(12(14)16)15(17)18/h2-3,6,10,13H,1,4-5,7-8H2. The van der Waals surface area contributed by atoms with E-state index in [2.05, 4.69) is 11.9 Å². The number of hydrogen-bond acceptors (Lipinski definition) is 4. The van der Waals surface area contributed by atoms with Gasteiger partial charge in [0.25, 0.3) is 0 Å². The molecule has 18 heavy (non-hydrogen) atoms.